The molecular weight excluding hydrogens is 270 g/mol. The van der Waals surface area contributed by atoms with Gasteiger partial charge in [0, 0.05) is 16.3 Å². The van der Waals surface area contributed by atoms with Gasteiger partial charge in [-0.2, -0.15) is 0 Å². The van der Waals surface area contributed by atoms with Crippen LogP contribution in [0.5, 0.6) is 0 Å². The first-order valence-corrected chi connectivity index (χ1v) is 5.93. The van der Waals surface area contributed by atoms with Gasteiger partial charge in [-0.3, -0.25) is 15.0 Å². The standard InChI is InChI=1S/C10H10ClN3O3.C2H6/c11-5-1-2-6(9(12)10(13)17)7(3-5)14-4-8(15)16;1-2/h1-3,12,14H,4H2,(H2,13,17)(H,15,16);1-2H3. The van der Waals surface area contributed by atoms with Gasteiger partial charge in [0.05, 0.1) is 0 Å². The van der Waals surface area contributed by atoms with Gasteiger partial charge in [-0.05, 0) is 18.2 Å². The van der Waals surface area contributed by atoms with Gasteiger partial charge in [0.1, 0.15) is 12.3 Å². The SMILES string of the molecule is CC.N=C(C(N)=O)c1ccc(Cl)cc1NCC(=O)O. The molecule has 1 aromatic rings. The molecule has 0 aliphatic heterocycles. The predicted molar refractivity (Wildman–Crippen MR) is 74.9 cm³/mol. The second-order valence-electron chi connectivity index (χ2n) is 3.18. The zero-order valence-corrected chi connectivity index (χ0v) is 11.4. The van der Waals surface area contributed by atoms with Gasteiger partial charge in [0.15, 0.2) is 0 Å². The van der Waals surface area contributed by atoms with Crippen molar-refractivity contribution in [2.24, 2.45) is 5.73 Å². The van der Waals surface area contributed by atoms with Crippen LogP contribution in [0.15, 0.2) is 18.2 Å². The fourth-order valence-corrected chi connectivity index (χ4v) is 1.36. The molecule has 0 saturated carbocycles. The molecule has 0 atom stereocenters. The van der Waals surface area contributed by atoms with E-state index in [9.17, 15) is 9.59 Å². The number of carboxylic acids is 1. The van der Waals surface area contributed by atoms with Gasteiger partial charge in [0.25, 0.3) is 5.91 Å². The highest BCUT2D eigenvalue weighted by Gasteiger charge is 2.13. The summed E-state index contributed by atoms with van der Waals surface area (Å²) in [5.74, 6) is -1.97. The fraction of sp³-hybridized carbons (Fsp3) is 0.250. The summed E-state index contributed by atoms with van der Waals surface area (Å²) in [6.45, 7) is 3.65. The first kappa shape index (κ1) is 16.9. The number of benzene rings is 1. The molecule has 1 rings (SSSR count). The second kappa shape index (κ2) is 8.10. The Bertz CT molecular complexity index is 489. The van der Waals surface area contributed by atoms with E-state index >= 15 is 0 Å². The summed E-state index contributed by atoms with van der Waals surface area (Å²) in [7, 11) is 0. The lowest BCUT2D eigenvalue weighted by Gasteiger charge is -2.10. The predicted octanol–water partition coefficient (Wildman–Crippen LogP) is 1.72. The number of hydrogen-bond donors (Lipinski definition) is 4. The summed E-state index contributed by atoms with van der Waals surface area (Å²) in [6.07, 6.45) is 0. The minimum absolute atomic E-state index is 0.211. The quantitative estimate of drug-likeness (QED) is 0.616. The number of nitrogens with two attached hydrogens (primary N) is 1. The Morgan fingerprint density at radius 1 is 1.42 bits per heavy atom. The monoisotopic (exact) mass is 285 g/mol. The lowest BCUT2D eigenvalue weighted by atomic mass is 10.1. The van der Waals surface area contributed by atoms with E-state index in [2.05, 4.69) is 5.32 Å². The number of carboxylic acid groups (broad SMARTS) is 1. The number of carbonyl (C=O) groups is 2. The molecule has 7 heteroatoms. The number of halogens is 1. The van der Waals surface area contributed by atoms with Crippen molar-refractivity contribution >= 4 is 34.9 Å². The van der Waals surface area contributed by atoms with Gasteiger partial charge < -0.3 is 16.2 Å². The second-order valence-corrected chi connectivity index (χ2v) is 3.61. The Kier molecular flexibility index (Phi) is 7.21. The van der Waals surface area contributed by atoms with E-state index in [0.717, 1.165) is 0 Å². The zero-order chi connectivity index (χ0) is 15.0. The van der Waals surface area contributed by atoms with Crippen molar-refractivity contribution in [2.75, 3.05) is 11.9 Å². The third-order valence-electron chi connectivity index (χ3n) is 1.93. The summed E-state index contributed by atoms with van der Waals surface area (Å²) in [5, 5.41) is 18.9. The summed E-state index contributed by atoms with van der Waals surface area (Å²) < 4.78 is 0. The Balaban J connectivity index is 0.00000154. The van der Waals surface area contributed by atoms with Crippen LogP contribution in [0.3, 0.4) is 0 Å². The molecule has 6 nitrogen and oxygen atoms in total. The van der Waals surface area contributed by atoms with Crippen LogP contribution in [-0.4, -0.2) is 29.2 Å². The zero-order valence-electron chi connectivity index (χ0n) is 10.7. The van der Waals surface area contributed by atoms with Gasteiger partial charge in [0.2, 0.25) is 0 Å². The Morgan fingerprint density at radius 3 is 2.47 bits per heavy atom. The molecule has 1 aromatic carbocycles. The first-order valence-electron chi connectivity index (χ1n) is 5.55. The van der Waals surface area contributed by atoms with E-state index in [0.29, 0.717) is 5.02 Å². The maximum Gasteiger partial charge on any atom is 0.322 e. The number of hydrogen-bond acceptors (Lipinski definition) is 4. The number of carbonyl (C=O) groups excluding carboxylic acids is 1. The highest BCUT2D eigenvalue weighted by Crippen LogP contribution is 2.21. The van der Waals surface area contributed by atoms with E-state index in [1.54, 1.807) is 0 Å². The Morgan fingerprint density at radius 2 is 2.00 bits per heavy atom. The molecule has 0 aliphatic carbocycles. The average molecular weight is 286 g/mol. The number of anilines is 1. The van der Waals surface area contributed by atoms with Gasteiger partial charge in [-0.15, -0.1) is 0 Å². The van der Waals surface area contributed by atoms with Gasteiger partial charge in [-0.1, -0.05) is 25.4 Å². The topological polar surface area (TPSA) is 116 Å². The molecular formula is C12H16ClN3O3. The first-order chi connectivity index (χ1) is 8.91. The van der Waals surface area contributed by atoms with Crippen LogP contribution in [0.25, 0.3) is 0 Å². The molecule has 19 heavy (non-hydrogen) atoms. The minimum atomic E-state index is -1.07. The van der Waals surface area contributed by atoms with Crippen LogP contribution in [0, 0.1) is 5.41 Å². The number of aliphatic carboxylic acids is 1. The molecule has 0 heterocycles. The average Bonchev–Trinajstić information content (AvgIpc) is 2.38. The molecule has 0 fully saturated rings. The molecule has 5 N–H and O–H groups in total. The van der Waals surface area contributed by atoms with E-state index in [-0.39, 0.29) is 17.8 Å². The van der Waals surface area contributed by atoms with E-state index in [1.807, 2.05) is 13.8 Å². The molecule has 0 unspecified atom stereocenters. The Labute approximate surface area is 116 Å². The summed E-state index contributed by atoms with van der Waals surface area (Å²) in [5.41, 5.74) is 5.07. The summed E-state index contributed by atoms with van der Waals surface area (Å²) in [4.78, 5) is 21.3. The Hall–Kier alpha value is -2.08. The van der Waals surface area contributed by atoms with Crippen molar-refractivity contribution in [3.05, 3.63) is 28.8 Å². The maximum atomic E-state index is 10.9. The number of rotatable bonds is 5. The van der Waals surface area contributed by atoms with Crippen molar-refractivity contribution in [3.8, 4) is 0 Å². The van der Waals surface area contributed by atoms with Crippen LogP contribution in [0.2, 0.25) is 5.02 Å². The molecule has 0 saturated heterocycles. The number of primary amides is 1. The fourth-order valence-electron chi connectivity index (χ4n) is 1.18. The van der Waals surface area contributed by atoms with Crippen molar-refractivity contribution < 1.29 is 14.7 Å². The normalized spacial score (nSPS) is 9.00. The van der Waals surface area contributed by atoms with Crippen molar-refractivity contribution in [1.82, 2.24) is 0 Å². The van der Waals surface area contributed by atoms with Crippen LogP contribution in [0.4, 0.5) is 5.69 Å². The van der Waals surface area contributed by atoms with E-state index < -0.39 is 17.6 Å². The summed E-state index contributed by atoms with van der Waals surface area (Å²) >= 11 is 5.74. The van der Waals surface area contributed by atoms with Crippen molar-refractivity contribution in [3.63, 3.8) is 0 Å². The van der Waals surface area contributed by atoms with Crippen LogP contribution >= 0.6 is 11.6 Å². The van der Waals surface area contributed by atoms with Crippen molar-refractivity contribution in [2.45, 2.75) is 13.8 Å². The lowest BCUT2D eigenvalue weighted by molar-refractivity contribution is -0.134. The van der Waals surface area contributed by atoms with E-state index in [1.165, 1.54) is 18.2 Å². The van der Waals surface area contributed by atoms with Crippen LogP contribution in [-0.2, 0) is 9.59 Å². The minimum Gasteiger partial charge on any atom is -0.480 e. The molecule has 0 spiro atoms. The van der Waals surface area contributed by atoms with Crippen molar-refractivity contribution in [1.29, 1.82) is 5.41 Å². The van der Waals surface area contributed by atoms with Crippen LogP contribution < -0.4 is 11.1 Å². The molecule has 0 aliphatic rings. The summed E-state index contributed by atoms with van der Waals surface area (Å²) in [6, 6.07) is 4.34. The number of nitrogens with one attached hydrogen (secondary N) is 2. The van der Waals surface area contributed by atoms with Gasteiger partial charge >= 0.3 is 5.97 Å². The smallest absolute Gasteiger partial charge is 0.322 e. The third kappa shape index (κ3) is 5.39. The highest BCUT2D eigenvalue weighted by molar-refractivity contribution is 6.45. The van der Waals surface area contributed by atoms with E-state index in [4.69, 9.17) is 27.9 Å². The van der Waals surface area contributed by atoms with Gasteiger partial charge in [-0.25, -0.2) is 0 Å². The largest absolute Gasteiger partial charge is 0.480 e. The molecule has 0 bridgehead atoms. The molecule has 0 radical (unpaired) electrons. The lowest BCUT2D eigenvalue weighted by Crippen LogP contribution is -2.25. The molecule has 1 amide bonds. The maximum absolute atomic E-state index is 10.9. The molecule has 104 valence electrons. The van der Waals surface area contributed by atoms with Crippen LogP contribution in [0.1, 0.15) is 19.4 Å². The molecule has 0 aromatic heterocycles. The number of amides is 1. The highest BCUT2D eigenvalue weighted by atomic mass is 35.5. The third-order valence-corrected chi connectivity index (χ3v) is 2.16.